The summed E-state index contributed by atoms with van der Waals surface area (Å²) in [7, 11) is 0. The normalized spacial score (nSPS) is 10.7. The highest BCUT2D eigenvalue weighted by Gasteiger charge is 2.18. The zero-order chi connectivity index (χ0) is 18.4. The molecule has 1 heterocycles. The molecule has 0 saturated heterocycles. The van der Waals surface area contributed by atoms with Crippen LogP contribution in [0.25, 0.3) is 0 Å². The summed E-state index contributed by atoms with van der Waals surface area (Å²) in [6.45, 7) is 5.74. The maximum absolute atomic E-state index is 12.1. The van der Waals surface area contributed by atoms with Gasteiger partial charge >= 0.3 is 0 Å². The Morgan fingerprint density at radius 1 is 1.24 bits per heavy atom. The highest BCUT2D eigenvalue weighted by atomic mass is 32.2. The number of nitrogens with one attached hydrogen (secondary N) is 1. The molecule has 0 bridgehead atoms. The molecule has 0 unspecified atom stereocenters. The number of aromatic nitrogens is 2. The van der Waals surface area contributed by atoms with E-state index in [9.17, 15) is 14.9 Å². The van der Waals surface area contributed by atoms with Crippen molar-refractivity contribution in [3.8, 4) is 0 Å². The molecule has 1 aromatic carbocycles. The Labute approximate surface area is 158 Å². The van der Waals surface area contributed by atoms with Crippen LogP contribution in [0.1, 0.15) is 24.5 Å². The van der Waals surface area contributed by atoms with E-state index < -0.39 is 4.92 Å². The van der Waals surface area contributed by atoms with Crippen LogP contribution in [0.4, 0.5) is 11.4 Å². The molecule has 0 radical (unpaired) electrons. The summed E-state index contributed by atoms with van der Waals surface area (Å²) in [5.74, 6) is 0.794. The SMILES string of the molecule is CCCSc1nnc(SCC(=O)Nc2cc(C)c(C)cc2[N+](=O)[O-])s1. The zero-order valence-electron chi connectivity index (χ0n) is 14.1. The fraction of sp³-hybridized carbons (Fsp3) is 0.400. The van der Waals surface area contributed by atoms with E-state index in [1.165, 1.54) is 29.2 Å². The molecule has 10 heteroatoms. The van der Waals surface area contributed by atoms with Crippen LogP contribution < -0.4 is 5.32 Å². The van der Waals surface area contributed by atoms with E-state index in [4.69, 9.17) is 0 Å². The third-order valence-electron chi connectivity index (χ3n) is 3.23. The summed E-state index contributed by atoms with van der Waals surface area (Å²) in [6, 6.07) is 3.10. The first kappa shape index (κ1) is 19.7. The molecule has 1 N–H and O–H groups in total. The third kappa shape index (κ3) is 5.68. The molecule has 7 nitrogen and oxygen atoms in total. The van der Waals surface area contributed by atoms with Crippen molar-refractivity contribution in [2.24, 2.45) is 0 Å². The highest BCUT2D eigenvalue weighted by molar-refractivity contribution is 8.03. The van der Waals surface area contributed by atoms with E-state index >= 15 is 0 Å². The molecule has 0 atom stereocenters. The van der Waals surface area contributed by atoms with Crippen molar-refractivity contribution < 1.29 is 9.72 Å². The molecule has 0 saturated carbocycles. The molecule has 134 valence electrons. The number of anilines is 1. The van der Waals surface area contributed by atoms with Crippen LogP contribution in [0.5, 0.6) is 0 Å². The number of carbonyl (C=O) groups excluding carboxylic acids is 1. The Hall–Kier alpha value is -1.65. The number of rotatable bonds is 8. The second kappa shape index (κ2) is 9.16. The van der Waals surface area contributed by atoms with Crippen molar-refractivity contribution in [2.75, 3.05) is 16.8 Å². The Kier molecular flexibility index (Phi) is 7.21. The largest absolute Gasteiger partial charge is 0.320 e. The Bertz CT molecular complexity index is 779. The molecule has 0 fully saturated rings. The van der Waals surface area contributed by atoms with Crippen molar-refractivity contribution in [1.82, 2.24) is 10.2 Å². The van der Waals surface area contributed by atoms with Crippen LogP contribution in [0.15, 0.2) is 20.8 Å². The smallest absolute Gasteiger partial charge is 0.293 e. The van der Waals surface area contributed by atoms with Crippen LogP contribution >= 0.6 is 34.9 Å². The number of aryl methyl sites for hydroxylation is 2. The molecular formula is C15H18N4O3S3. The molecule has 2 rings (SSSR count). The number of hydrogen-bond donors (Lipinski definition) is 1. The van der Waals surface area contributed by atoms with E-state index in [-0.39, 0.29) is 23.0 Å². The molecule has 0 aliphatic rings. The van der Waals surface area contributed by atoms with E-state index in [0.29, 0.717) is 4.34 Å². The van der Waals surface area contributed by atoms with Gasteiger partial charge in [-0.3, -0.25) is 14.9 Å². The first-order valence-corrected chi connectivity index (χ1v) is 10.3. The molecular weight excluding hydrogens is 380 g/mol. The van der Waals surface area contributed by atoms with Gasteiger partial charge in [-0.1, -0.05) is 41.8 Å². The molecule has 0 aliphatic heterocycles. The second-order valence-corrected chi connectivity index (χ2v) is 8.77. The minimum Gasteiger partial charge on any atom is -0.320 e. The molecule has 2 aromatic rings. The number of nitro groups is 1. The minimum absolute atomic E-state index is 0.101. The van der Waals surface area contributed by atoms with Gasteiger partial charge in [0.2, 0.25) is 5.91 Å². The van der Waals surface area contributed by atoms with Gasteiger partial charge in [0.05, 0.1) is 10.7 Å². The van der Waals surface area contributed by atoms with Gasteiger partial charge in [0, 0.05) is 11.8 Å². The third-order valence-corrected chi connectivity index (χ3v) is 6.62. The lowest BCUT2D eigenvalue weighted by Gasteiger charge is -2.08. The fourth-order valence-corrected chi connectivity index (χ4v) is 4.61. The van der Waals surface area contributed by atoms with E-state index in [1.54, 1.807) is 24.8 Å². The number of amides is 1. The predicted octanol–water partition coefficient (Wildman–Crippen LogP) is 4.30. The van der Waals surface area contributed by atoms with Gasteiger partial charge < -0.3 is 5.32 Å². The van der Waals surface area contributed by atoms with Gasteiger partial charge in [-0.05, 0) is 37.5 Å². The number of carbonyl (C=O) groups is 1. The van der Waals surface area contributed by atoms with Crippen molar-refractivity contribution >= 4 is 52.1 Å². The Morgan fingerprint density at radius 3 is 2.52 bits per heavy atom. The van der Waals surface area contributed by atoms with Crippen molar-refractivity contribution in [3.63, 3.8) is 0 Å². The van der Waals surface area contributed by atoms with Crippen LogP contribution in [0.2, 0.25) is 0 Å². The Balaban J connectivity index is 1.97. The van der Waals surface area contributed by atoms with Gasteiger partial charge in [0.1, 0.15) is 5.69 Å². The maximum atomic E-state index is 12.1. The molecule has 1 aromatic heterocycles. The Morgan fingerprint density at radius 2 is 1.88 bits per heavy atom. The standard InChI is InChI=1S/C15H18N4O3S3/c1-4-5-23-14-17-18-15(25-14)24-8-13(20)16-11-6-9(2)10(3)7-12(11)19(21)22/h6-7H,4-5,8H2,1-3H3,(H,16,20). The summed E-state index contributed by atoms with van der Waals surface area (Å²) >= 11 is 4.36. The van der Waals surface area contributed by atoms with Gasteiger partial charge in [0.15, 0.2) is 8.68 Å². The van der Waals surface area contributed by atoms with Gasteiger partial charge in [-0.15, -0.1) is 10.2 Å². The zero-order valence-corrected chi connectivity index (χ0v) is 16.5. The minimum atomic E-state index is -0.489. The first-order chi connectivity index (χ1) is 11.9. The summed E-state index contributed by atoms with van der Waals surface area (Å²) < 4.78 is 1.60. The molecule has 0 aliphatic carbocycles. The van der Waals surface area contributed by atoms with E-state index in [1.807, 2.05) is 6.92 Å². The predicted molar refractivity (Wildman–Crippen MR) is 103 cm³/mol. The van der Waals surface area contributed by atoms with Crippen LogP contribution in [0, 0.1) is 24.0 Å². The molecule has 25 heavy (non-hydrogen) atoms. The lowest BCUT2D eigenvalue weighted by atomic mass is 10.1. The van der Waals surface area contributed by atoms with E-state index in [2.05, 4.69) is 22.4 Å². The molecule has 0 spiro atoms. The monoisotopic (exact) mass is 398 g/mol. The van der Waals surface area contributed by atoms with Gasteiger partial charge in [0.25, 0.3) is 5.69 Å². The highest BCUT2D eigenvalue weighted by Crippen LogP contribution is 2.30. The van der Waals surface area contributed by atoms with E-state index in [0.717, 1.165) is 27.6 Å². The number of nitro benzene ring substituents is 1. The summed E-state index contributed by atoms with van der Waals surface area (Å²) in [5, 5.41) is 21.9. The topological polar surface area (TPSA) is 98.0 Å². The quantitative estimate of drug-likeness (QED) is 0.402. The number of benzene rings is 1. The maximum Gasteiger partial charge on any atom is 0.293 e. The van der Waals surface area contributed by atoms with Crippen molar-refractivity contribution in [2.45, 2.75) is 35.9 Å². The summed E-state index contributed by atoms with van der Waals surface area (Å²) in [4.78, 5) is 22.8. The van der Waals surface area contributed by atoms with Gasteiger partial charge in [-0.2, -0.15) is 0 Å². The average Bonchev–Trinajstić information content (AvgIpc) is 3.02. The number of thioether (sulfide) groups is 2. The van der Waals surface area contributed by atoms with Crippen LogP contribution in [-0.4, -0.2) is 32.5 Å². The number of nitrogens with zero attached hydrogens (tertiary/aromatic N) is 3. The fourth-order valence-electron chi connectivity index (χ4n) is 1.87. The number of hydrogen-bond acceptors (Lipinski definition) is 8. The van der Waals surface area contributed by atoms with Crippen LogP contribution in [0.3, 0.4) is 0 Å². The lowest BCUT2D eigenvalue weighted by molar-refractivity contribution is -0.384. The first-order valence-electron chi connectivity index (χ1n) is 7.55. The van der Waals surface area contributed by atoms with Crippen LogP contribution in [-0.2, 0) is 4.79 Å². The lowest BCUT2D eigenvalue weighted by Crippen LogP contribution is -2.15. The molecule has 1 amide bonds. The van der Waals surface area contributed by atoms with Gasteiger partial charge in [-0.25, -0.2) is 0 Å². The summed E-state index contributed by atoms with van der Waals surface area (Å²) in [5.41, 5.74) is 1.81. The van der Waals surface area contributed by atoms with Crippen molar-refractivity contribution in [1.29, 1.82) is 0 Å². The second-order valence-electron chi connectivity index (χ2n) is 5.23. The van der Waals surface area contributed by atoms with Crippen molar-refractivity contribution in [3.05, 3.63) is 33.4 Å². The summed E-state index contributed by atoms with van der Waals surface area (Å²) in [6.07, 6.45) is 1.06. The average molecular weight is 399 g/mol.